The fourth-order valence-electron chi connectivity index (χ4n) is 4.45. The third kappa shape index (κ3) is 6.29. The summed E-state index contributed by atoms with van der Waals surface area (Å²) < 4.78 is 6.90. The molecule has 2 heterocycles. The summed E-state index contributed by atoms with van der Waals surface area (Å²) in [6.45, 7) is 5.22. The molecule has 0 atom stereocenters. The van der Waals surface area contributed by atoms with Crippen LogP contribution in [0.3, 0.4) is 0 Å². The molecule has 3 N–H and O–H groups in total. The Balaban J connectivity index is 1.67. The van der Waals surface area contributed by atoms with Gasteiger partial charge < -0.3 is 15.2 Å². The van der Waals surface area contributed by atoms with Crippen LogP contribution in [-0.4, -0.2) is 26.2 Å². The van der Waals surface area contributed by atoms with E-state index < -0.39 is 11.2 Å². The normalized spacial score (nSPS) is 13.7. The molecule has 0 amide bonds. The van der Waals surface area contributed by atoms with Crippen LogP contribution in [0, 0.1) is 5.92 Å². The molecule has 4 rings (SSSR count). The van der Waals surface area contributed by atoms with E-state index in [0.29, 0.717) is 30.6 Å². The smallest absolute Gasteiger partial charge is 0.330 e. The number of nitrogens with two attached hydrogens (primary N) is 1. The topological polar surface area (TPSA) is 123 Å². The zero-order chi connectivity index (χ0) is 24.8. The quantitative estimate of drug-likeness (QED) is 0.426. The maximum Gasteiger partial charge on any atom is 0.330 e. The van der Waals surface area contributed by atoms with Crippen molar-refractivity contribution in [2.75, 3.05) is 17.2 Å². The molecule has 0 spiro atoms. The molecule has 9 nitrogen and oxygen atoms in total. The molecule has 9 heteroatoms. The number of H-pyrrole nitrogens is 1. The lowest BCUT2D eigenvalue weighted by Crippen LogP contribution is -2.39. The molecule has 1 aliphatic rings. The maximum absolute atomic E-state index is 13.0. The van der Waals surface area contributed by atoms with E-state index in [-0.39, 0.29) is 24.6 Å². The molecule has 0 radical (unpaired) electrons. The standard InChI is InChI=1S/C26H34N6O3/c1-18(2)15-21-28-22(35-30-21)17-31(14-13-19-9-5-3-6-10-19)23-24(27)32(26(34)29-25(23)33)16-20-11-7-4-8-12-20/h4,7-9,11-12,18H,3,5-6,10,13-17,27H2,1-2H3,(H,29,33,34). The van der Waals surface area contributed by atoms with Gasteiger partial charge in [0.2, 0.25) is 5.89 Å². The summed E-state index contributed by atoms with van der Waals surface area (Å²) in [5.74, 6) is 1.58. The van der Waals surface area contributed by atoms with Crippen LogP contribution in [0.1, 0.15) is 63.2 Å². The lowest BCUT2D eigenvalue weighted by molar-refractivity contribution is 0.368. The summed E-state index contributed by atoms with van der Waals surface area (Å²) in [6.07, 6.45) is 8.34. The van der Waals surface area contributed by atoms with Crippen molar-refractivity contribution in [2.45, 2.75) is 65.5 Å². The fourth-order valence-corrected chi connectivity index (χ4v) is 4.45. The molecule has 0 unspecified atom stereocenters. The van der Waals surface area contributed by atoms with Gasteiger partial charge >= 0.3 is 5.69 Å². The Morgan fingerprint density at radius 1 is 1.20 bits per heavy atom. The lowest BCUT2D eigenvalue weighted by atomic mass is 9.97. The largest absolute Gasteiger partial charge is 0.383 e. The number of anilines is 2. The van der Waals surface area contributed by atoms with Gasteiger partial charge in [0.05, 0.1) is 13.1 Å². The van der Waals surface area contributed by atoms with Gasteiger partial charge in [-0.05, 0) is 43.6 Å². The number of aromatic amines is 1. The number of nitrogen functional groups attached to an aromatic ring is 1. The van der Waals surface area contributed by atoms with E-state index in [1.54, 1.807) is 0 Å². The van der Waals surface area contributed by atoms with Gasteiger partial charge in [0.15, 0.2) is 5.82 Å². The van der Waals surface area contributed by atoms with Gasteiger partial charge in [-0.3, -0.25) is 14.3 Å². The molecule has 0 fully saturated rings. The summed E-state index contributed by atoms with van der Waals surface area (Å²) in [6, 6.07) is 9.54. The number of hydrogen-bond donors (Lipinski definition) is 2. The van der Waals surface area contributed by atoms with Gasteiger partial charge in [-0.1, -0.05) is 61.0 Å². The highest BCUT2D eigenvalue weighted by atomic mass is 16.5. The number of benzene rings is 1. The molecule has 35 heavy (non-hydrogen) atoms. The minimum absolute atomic E-state index is 0.127. The van der Waals surface area contributed by atoms with Gasteiger partial charge in [-0.15, -0.1) is 0 Å². The predicted molar refractivity (Wildman–Crippen MR) is 136 cm³/mol. The first-order valence-corrected chi connectivity index (χ1v) is 12.3. The number of allylic oxidation sites excluding steroid dienone is 1. The van der Waals surface area contributed by atoms with E-state index in [1.165, 1.54) is 23.0 Å². The average molecular weight is 479 g/mol. The Morgan fingerprint density at radius 2 is 2.00 bits per heavy atom. The minimum Gasteiger partial charge on any atom is -0.383 e. The Morgan fingerprint density at radius 3 is 2.71 bits per heavy atom. The summed E-state index contributed by atoms with van der Waals surface area (Å²) in [5.41, 5.74) is 7.97. The SMILES string of the molecule is CC(C)Cc1noc(CN(CCC2=CCCCC2)c2c(N)n(Cc3ccccc3)c(=O)[nH]c2=O)n1. The van der Waals surface area contributed by atoms with Crippen molar-refractivity contribution in [1.29, 1.82) is 0 Å². The van der Waals surface area contributed by atoms with Crippen LogP contribution in [0.2, 0.25) is 0 Å². The van der Waals surface area contributed by atoms with Crippen molar-refractivity contribution in [3.63, 3.8) is 0 Å². The van der Waals surface area contributed by atoms with Crippen LogP contribution in [0.25, 0.3) is 0 Å². The summed E-state index contributed by atoms with van der Waals surface area (Å²) in [5, 5.41) is 4.09. The molecule has 186 valence electrons. The highest BCUT2D eigenvalue weighted by molar-refractivity contribution is 5.62. The van der Waals surface area contributed by atoms with Gasteiger partial charge in [-0.2, -0.15) is 4.98 Å². The first-order valence-electron chi connectivity index (χ1n) is 12.3. The van der Waals surface area contributed by atoms with Gasteiger partial charge in [0.25, 0.3) is 5.56 Å². The number of rotatable bonds is 10. The van der Waals surface area contributed by atoms with Crippen LogP contribution in [0.5, 0.6) is 0 Å². The Labute approximate surface area is 204 Å². The number of aromatic nitrogens is 4. The van der Waals surface area contributed by atoms with Crippen LogP contribution in [-0.2, 0) is 19.5 Å². The van der Waals surface area contributed by atoms with Crippen molar-refractivity contribution in [3.8, 4) is 0 Å². The van der Waals surface area contributed by atoms with E-state index in [1.807, 2.05) is 35.2 Å². The fraction of sp³-hybridized carbons (Fsp3) is 0.462. The third-order valence-electron chi connectivity index (χ3n) is 6.23. The predicted octanol–water partition coefficient (Wildman–Crippen LogP) is 3.65. The second-order valence-electron chi connectivity index (χ2n) is 9.55. The Kier molecular flexibility index (Phi) is 7.84. The third-order valence-corrected chi connectivity index (χ3v) is 6.23. The number of nitrogens with zero attached hydrogens (tertiary/aromatic N) is 4. The minimum atomic E-state index is -0.535. The molecule has 0 saturated heterocycles. The molecule has 0 bridgehead atoms. The maximum atomic E-state index is 13.0. The molecular weight excluding hydrogens is 444 g/mol. The zero-order valence-electron chi connectivity index (χ0n) is 20.5. The first-order chi connectivity index (χ1) is 16.9. The van der Waals surface area contributed by atoms with Gasteiger partial charge in [0.1, 0.15) is 11.5 Å². The zero-order valence-corrected chi connectivity index (χ0v) is 20.5. The molecule has 0 saturated carbocycles. The molecule has 1 aromatic carbocycles. The second kappa shape index (κ2) is 11.2. The number of hydrogen-bond acceptors (Lipinski definition) is 7. The molecule has 1 aliphatic carbocycles. The first kappa shape index (κ1) is 24.5. The van der Waals surface area contributed by atoms with Crippen molar-refractivity contribution in [2.24, 2.45) is 5.92 Å². The van der Waals surface area contributed by atoms with Crippen molar-refractivity contribution in [1.82, 2.24) is 19.7 Å². The molecular formula is C26H34N6O3. The molecule has 2 aromatic heterocycles. The van der Waals surface area contributed by atoms with Gasteiger partial charge in [0, 0.05) is 13.0 Å². The van der Waals surface area contributed by atoms with E-state index in [2.05, 4.69) is 35.0 Å². The van der Waals surface area contributed by atoms with E-state index >= 15 is 0 Å². The van der Waals surface area contributed by atoms with Crippen molar-refractivity contribution in [3.05, 3.63) is 80.1 Å². The summed E-state index contributed by atoms with van der Waals surface area (Å²) in [4.78, 5) is 34.5. The summed E-state index contributed by atoms with van der Waals surface area (Å²) in [7, 11) is 0. The Hall–Kier alpha value is -3.62. The number of nitrogens with one attached hydrogen (secondary N) is 1. The van der Waals surface area contributed by atoms with Crippen LogP contribution < -0.4 is 21.9 Å². The Bertz CT molecular complexity index is 1270. The van der Waals surface area contributed by atoms with E-state index in [0.717, 1.165) is 24.8 Å². The summed E-state index contributed by atoms with van der Waals surface area (Å²) >= 11 is 0. The van der Waals surface area contributed by atoms with Crippen LogP contribution >= 0.6 is 0 Å². The van der Waals surface area contributed by atoms with E-state index in [4.69, 9.17) is 10.3 Å². The van der Waals surface area contributed by atoms with Crippen molar-refractivity contribution >= 4 is 11.5 Å². The highest BCUT2D eigenvalue weighted by Crippen LogP contribution is 2.24. The molecule has 3 aromatic rings. The highest BCUT2D eigenvalue weighted by Gasteiger charge is 2.22. The van der Waals surface area contributed by atoms with E-state index in [9.17, 15) is 9.59 Å². The second-order valence-corrected chi connectivity index (χ2v) is 9.55. The van der Waals surface area contributed by atoms with Crippen LogP contribution in [0.15, 0.2) is 56.1 Å². The lowest BCUT2D eigenvalue weighted by Gasteiger charge is -2.26. The average Bonchev–Trinajstić information content (AvgIpc) is 3.27. The van der Waals surface area contributed by atoms with Crippen LogP contribution in [0.4, 0.5) is 11.5 Å². The van der Waals surface area contributed by atoms with Crippen molar-refractivity contribution < 1.29 is 4.52 Å². The molecule has 0 aliphatic heterocycles. The van der Waals surface area contributed by atoms with Gasteiger partial charge in [-0.25, -0.2) is 4.79 Å². The monoisotopic (exact) mass is 478 g/mol.